The molecular weight excluding hydrogens is 188 g/mol. The molecule has 1 rings (SSSR count). The van der Waals surface area contributed by atoms with E-state index in [1.165, 1.54) is 11.3 Å². The Morgan fingerprint density at radius 1 is 1.69 bits per heavy atom. The molecule has 5 heteroatoms. The largest absolute Gasteiger partial charge is 0.481 e. The fourth-order valence-corrected chi connectivity index (χ4v) is 1.66. The van der Waals surface area contributed by atoms with Gasteiger partial charge in [-0.2, -0.15) is 0 Å². The summed E-state index contributed by atoms with van der Waals surface area (Å²) in [6, 6.07) is 0. The number of carboxylic acids is 1. The Labute approximate surface area is 80.8 Å². The first-order valence-corrected chi connectivity index (χ1v) is 4.76. The number of hydrogen-bond acceptors (Lipinski definition) is 4. The standard InChI is InChI=1S/C8H12N2O2S/c1-5(7(11)12)6-4-13-8(9-6)10(2)3/h4-5H,1-3H3,(H,11,12). The number of thiazole rings is 1. The molecule has 0 fully saturated rings. The first kappa shape index (κ1) is 9.98. The van der Waals surface area contributed by atoms with Crippen LogP contribution in [-0.2, 0) is 4.79 Å². The van der Waals surface area contributed by atoms with Crippen LogP contribution in [0.3, 0.4) is 0 Å². The molecule has 0 aromatic carbocycles. The number of rotatable bonds is 3. The molecule has 0 spiro atoms. The van der Waals surface area contributed by atoms with Crippen molar-refractivity contribution in [3.05, 3.63) is 11.1 Å². The van der Waals surface area contributed by atoms with Crippen LogP contribution in [0.4, 0.5) is 5.13 Å². The van der Waals surface area contributed by atoms with E-state index >= 15 is 0 Å². The number of nitrogens with zero attached hydrogens (tertiary/aromatic N) is 2. The monoisotopic (exact) mass is 200 g/mol. The first-order chi connectivity index (χ1) is 6.02. The molecule has 0 aliphatic heterocycles. The smallest absolute Gasteiger partial charge is 0.312 e. The van der Waals surface area contributed by atoms with Crippen molar-refractivity contribution in [3.63, 3.8) is 0 Å². The molecule has 0 aliphatic carbocycles. The average Bonchev–Trinajstić information content (AvgIpc) is 2.50. The maximum absolute atomic E-state index is 10.6. The quantitative estimate of drug-likeness (QED) is 0.801. The van der Waals surface area contributed by atoms with Crippen molar-refractivity contribution in [1.82, 2.24) is 4.98 Å². The summed E-state index contributed by atoms with van der Waals surface area (Å²) in [6.45, 7) is 1.64. The topological polar surface area (TPSA) is 53.4 Å². The maximum atomic E-state index is 10.6. The summed E-state index contributed by atoms with van der Waals surface area (Å²) in [5.74, 6) is -1.36. The highest BCUT2D eigenvalue weighted by Gasteiger charge is 2.17. The van der Waals surface area contributed by atoms with Crippen LogP contribution >= 0.6 is 11.3 Å². The lowest BCUT2D eigenvalue weighted by Gasteiger charge is -2.06. The number of aromatic nitrogens is 1. The van der Waals surface area contributed by atoms with E-state index in [2.05, 4.69) is 4.98 Å². The average molecular weight is 200 g/mol. The van der Waals surface area contributed by atoms with Crippen LogP contribution in [0.5, 0.6) is 0 Å². The van der Waals surface area contributed by atoms with E-state index in [1.54, 1.807) is 12.3 Å². The van der Waals surface area contributed by atoms with Gasteiger partial charge in [0.15, 0.2) is 5.13 Å². The van der Waals surface area contributed by atoms with Crippen molar-refractivity contribution in [1.29, 1.82) is 0 Å². The fraction of sp³-hybridized carbons (Fsp3) is 0.500. The summed E-state index contributed by atoms with van der Waals surface area (Å²) in [5, 5.41) is 11.4. The molecule has 0 radical (unpaired) electrons. The molecule has 1 unspecified atom stereocenters. The molecule has 13 heavy (non-hydrogen) atoms. The molecule has 1 heterocycles. The summed E-state index contributed by atoms with van der Waals surface area (Å²) < 4.78 is 0. The summed E-state index contributed by atoms with van der Waals surface area (Å²) in [5.41, 5.74) is 0.626. The van der Waals surface area contributed by atoms with Crippen LogP contribution in [-0.4, -0.2) is 30.2 Å². The summed E-state index contributed by atoms with van der Waals surface area (Å²) in [6.07, 6.45) is 0. The lowest BCUT2D eigenvalue weighted by atomic mass is 10.1. The van der Waals surface area contributed by atoms with Gasteiger partial charge < -0.3 is 10.0 Å². The number of anilines is 1. The third kappa shape index (κ3) is 2.18. The van der Waals surface area contributed by atoms with Crippen molar-refractivity contribution in [3.8, 4) is 0 Å². The normalized spacial score (nSPS) is 12.5. The first-order valence-electron chi connectivity index (χ1n) is 3.88. The van der Waals surface area contributed by atoms with Crippen molar-refractivity contribution in [2.75, 3.05) is 19.0 Å². The van der Waals surface area contributed by atoms with Gasteiger partial charge in [-0.05, 0) is 6.92 Å². The van der Waals surface area contributed by atoms with E-state index in [-0.39, 0.29) is 0 Å². The van der Waals surface area contributed by atoms with Gasteiger partial charge in [-0.25, -0.2) is 4.98 Å². The zero-order chi connectivity index (χ0) is 10.0. The molecule has 4 nitrogen and oxygen atoms in total. The van der Waals surface area contributed by atoms with Crippen LogP contribution in [0, 0.1) is 0 Å². The van der Waals surface area contributed by atoms with E-state index in [9.17, 15) is 4.79 Å². The highest BCUT2D eigenvalue weighted by atomic mass is 32.1. The second-order valence-electron chi connectivity index (χ2n) is 3.01. The third-order valence-electron chi connectivity index (χ3n) is 1.71. The maximum Gasteiger partial charge on any atom is 0.312 e. The third-order valence-corrected chi connectivity index (χ3v) is 2.73. The van der Waals surface area contributed by atoms with E-state index in [0.29, 0.717) is 5.69 Å². The van der Waals surface area contributed by atoms with Gasteiger partial charge in [-0.15, -0.1) is 11.3 Å². The number of aliphatic carboxylic acids is 1. The van der Waals surface area contributed by atoms with Crippen molar-refractivity contribution < 1.29 is 9.90 Å². The minimum atomic E-state index is -0.837. The van der Waals surface area contributed by atoms with Gasteiger partial charge in [0.05, 0.1) is 11.6 Å². The van der Waals surface area contributed by atoms with Gasteiger partial charge >= 0.3 is 5.97 Å². The van der Waals surface area contributed by atoms with Crippen LogP contribution in [0.1, 0.15) is 18.5 Å². The SMILES string of the molecule is CC(C(=O)O)c1csc(N(C)C)n1. The van der Waals surface area contributed by atoms with E-state index < -0.39 is 11.9 Å². The minimum absolute atomic E-state index is 0.523. The van der Waals surface area contributed by atoms with Gasteiger partial charge in [0, 0.05) is 19.5 Å². The number of carboxylic acid groups (broad SMARTS) is 1. The predicted molar refractivity (Wildman–Crippen MR) is 52.5 cm³/mol. The van der Waals surface area contributed by atoms with Crippen LogP contribution < -0.4 is 4.90 Å². The van der Waals surface area contributed by atoms with Crippen LogP contribution in [0.15, 0.2) is 5.38 Å². The molecule has 0 saturated carbocycles. The Hall–Kier alpha value is -1.10. The number of carbonyl (C=O) groups is 1. The fourth-order valence-electron chi connectivity index (χ4n) is 0.807. The lowest BCUT2D eigenvalue weighted by molar-refractivity contribution is -0.138. The summed E-state index contributed by atoms with van der Waals surface area (Å²) in [4.78, 5) is 16.7. The Bertz CT molecular complexity index is 309. The van der Waals surface area contributed by atoms with Crippen molar-refractivity contribution in [2.45, 2.75) is 12.8 Å². The Morgan fingerprint density at radius 2 is 2.31 bits per heavy atom. The highest BCUT2D eigenvalue weighted by Crippen LogP contribution is 2.23. The molecule has 1 aromatic heterocycles. The van der Waals surface area contributed by atoms with Crippen LogP contribution in [0.25, 0.3) is 0 Å². The van der Waals surface area contributed by atoms with Gasteiger partial charge in [0.1, 0.15) is 0 Å². The van der Waals surface area contributed by atoms with Gasteiger partial charge in [0.2, 0.25) is 0 Å². The van der Waals surface area contributed by atoms with E-state index in [4.69, 9.17) is 5.11 Å². The molecule has 0 saturated heterocycles. The van der Waals surface area contributed by atoms with Gasteiger partial charge in [-0.1, -0.05) is 0 Å². The Kier molecular flexibility index (Phi) is 2.87. The molecule has 1 aromatic rings. The molecule has 72 valence electrons. The van der Waals surface area contributed by atoms with Crippen molar-refractivity contribution in [2.24, 2.45) is 0 Å². The molecule has 0 aliphatic rings. The molecular formula is C8H12N2O2S. The summed E-state index contributed by atoms with van der Waals surface area (Å²) in [7, 11) is 3.77. The minimum Gasteiger partial charge on any atom is -0.481 e. The second-order valence-corrected chi connectivity index (χ2v) is 3.85. The van der Waals surface area contributed by atoms with Gasteiger partial charge in [0.25, 0.3) is 0 Å². The molecule has 1 atom stereocenters. The van der Waals surface area contributed by atoms with E-state index in [0.717, 1.165) is 5.13 Å². The predicted octanol–water partition coefficient (Wildman–Crippen LogP) is 1.40. The molecule has 0 amide bonds. The highest BCUT2D eigenvalue weighted by molar-refractivity contribution is 7.13. The zero-order valence-corrected chi connectivity index (χ0v) is 8.63. The number of hydrogen-bond donors (Lipinski definition) is 1. The summed E-state index contributed by atoms with van der Waals surface area (Å²) >= 11 is 1.45. The second kappa shape index (κ2) is 3.74. The zero-order valence-electron chi connectivity index (χ0n) is 7.81. The molecule has 1 N–H and O–H groups in total. The van der Waals surface area contributed by atoms with Crippen molar-refractivity contribution >= 4 is 22.4 Å². The Balaban J connectivity index is 2.85. The van der Waals surface area contributed by atoms with Gasteiger partial charge in [-0.3, -0.25) is 4.79 Å². The van der Waals surface area contributed by atoms with Crippen LogP contribution in [0.2, 0.25) is 0 Å². The Morgan fingerprint density at radius 3 is 2.69 bits per heavy atom. The lowest BCUT2D eigenvalue weighted by Crippen LogP contribution is -2.10. The molecule has 0 bridgehead atoms. The van der Waals surface area contributed by atoms with E-state index in [1.807, 2.05) is 19.0 Å².